The molecule has 2 aromatic rings. The molecule has 136 valence electrons. The summed E-state index contributed by atoms with van der Waals surface area (Å²) in [5.41, 5.74) is 7.86. The topological polar surface area (TPSA) is 3.88 Å². The molecule has 4 rings (SSSR count). The van der Waals surface area contributed by atoms with Gasteiger partial charge in [0.15, 0.2) is 11.7 Å². The van der Waals surface area contributed by atoms with Crippen LogP contribution in [0.25, 0.3) is 11.1 Å². The lowest BCUT2D eigenvalue weighted by Gasteiger charge is -2.47. The summed E-state index contributed by atoms with van der Waals surface area (Å²) < 4.78 is 2.59. The third-order valence-corrected chi connectivity index (χ3v) is 8.08. The van der Waals surface area contributed by atoms with Crippen molar-refractivity contribution in [2.45, 2.75) is 71.8 Å². The zero-order chi connectivity index (χ0) is 18.7. The molecular formula is C25H32N+. The Morgan fingerprint density at radius 2 is 1.46 bits per heavy atom. The van der Waals surface area contributed by atoms with E-state index in [1.807, 2.05) is 0 Å². The van der Waals surface area contributed by atoms with Gasteiger partial charge in [-0.15, -0.1) is 0 Å². The Labute approximate surface area is 158 Å². The molecule has 1 aromatic heterocycles. The normalized spacial score (nSPS) is 32.2. The van der Waals surface area contributed by atoms with Crippen molar-refractivity contribution >= 4 is 11.1 Å². The highest BCUT2D eigenvalue weighted by atomic mass is 15.1. The zero-order valence-electron chi connectivity index (χ0n) is 17.2. The van der Waals surface area contributed by atoms with Crippen LogP contribution in [0.2, 0.25) is 0 Å². The first-order chi connectivity index (χ1) is 12.4. The highest BCUT2D eigenvalue weighted by Crippen LogP contribution is 2.63. The molecule has 0 saturated carbocycles. The maximum absolute atomic E-state index is 2.59. The maximum Gasteiger partial charge on any atom is 0.210 e. The second kappa shape index (κ2) is 5.55. The van der Waals surface area contributed by atoms with Crippen molar-refractivity contribution in [3.63, 3.8) is 0 Å². The summed E-state index contributed by atoms with van der Waals surface area (Å²) in [6.07, 6.45) is 5.71. The molecule has 1 aliphatic heterocycles. The number of rotatable bonds is 3. The fraction of sp³-hybridized carbons (Fsp3) is 0.480. The largest absolute Gasteiger partial charge is 0.210 e. The molecule has 26 heavy (non-hydrogen) atoms. The van der Waals surface area contributed by atoms with E-state index in [1.54, 1.807) is 11.1 Å². The summed E-state index contributed by atoms with van der Waals surface area (Å²) in [6.45, 7) is 14.5. The standard InChI is InChI=1S/C25H32N/c1-7-23(4)19-15-11-10-14-18(19)21-22(23)20-16-12-13-17-26(20)25(6,9-3)24(21,5)8-2/h10-17H,7-9H2,1-6H3/q+1. The van der Waals surface area contributed by atoms with Crippen LogP contribution in [-0.4, -0.2) is 0 Å². The molecule has 1 nitrogen and oxygen atoms in total. The third kappa shape index (κ3) is 1.79. The number of aromatic nitrogens is 1. The van der Waals surface area contributed by atoms with Crippen LogP contribution in [0, 0.1) is 5.41 Å². The van der Waals surface area contributed by atoms with Gasteiger partial charge in [0.25, 0.3) is 0 Å². The van der Waals surface area contributed by atoms with Crippen molar-refractivity contribution in [3.05, 3.63) is 65.5 Å². The van der Waals surface area contributed by atoms with Gasteiger partial charge >= 0.3 is 0 Å². The molecule has 0 N–H and O–H groups in total. The molecule has 0 saturated heterocycles. The Kier molecular flexibility index (Phi) is 3.74. The minimum atomic E-state index is 0.0727. The van der Waals surface area contributed by atoms with Crippen molar-refractivity contribution < 1.29 is 4.57 Å². The summed E-state index contributed by atoms with van der Waals surface area (Å²) in [4.78, 5) is 0. The van der Waals surface area contributed by atoms with Crippen molar-refractivity contribution in [1.82, 2.24) is 0 Å². The van der Waals surface area contributed by atoms with Crippen LogP contribution in [-0.2, 0) is 11.0 Å². The minimum Gasteiger partial charge on any atom is -0.193 e. The lowest BCUT2D eigenvalue weighted by atomic mass is 9.59. The number of fused-ring (bicyclic) bond motifs is 4. The van der Waals surface area contributed by atoms with Crippen LogP contribution in [0.15, 0.2) is 48.7 Å². The second-order valence-corrected chi connectivity index (χ2v) is 8.75. The molecule has 3 unspecified atom stereocenters. The van der Waals surface area contributed by atoms with Gasteiger partial charge in [-0.05, 0) is 42.5 Å². The average molecular weight is 347 g/mol. The van der Waals surface area contributed by atoms with E-state index in [9.17, 15) is 0 Å². The van der Waals surface area contributed by atoms with Gasteiger partial charge in [-0.1, -0.05) is 52.0 Å². The molecule has 0 fully saturated rings. The number of hydrogen-bond acceptors (Lipinski definition) is 0. The number of benzene rings is 1. The van der Waals surface area contributed by atoms with Crippen LogP contribution in [0.4, 0.5) is 0 Å². The molecule has 2 heterocycles. The van der Waals surface area contributed by atoms with Crippen molar-refractivity contribution in [2.75, 3.05) is 0 Å². The second-order valence-electron chi connectivity index (χ2n) is 8.75. The van der Waals surface area contributed by atoms with Gasteiger partial charge in [-0.3, -0.25) is 0 Å². The lowest BCUT2D eigenvalue weighted by Crippen LogP contribution is -2.66. The Morgan fingerprint density at radius 3 is 2.12 bits per heavy atom. The lowest BCUT2D eigenvalue weighted by molar-refractivity contribution is -0.778. The number of hydrogen-bond donors (Lipinski definition) is 0. The predicted octanol–water partition coefficient (Wildman–Crippen LogP) is 6.12. The van der Waals surface area contributed by atoms with Gasteiger partial charge in [0.05, 0.1) is 5.41 Å². The fourth-order valence-corrected chi connectivity index (χ4v) is 5.81. The van der Waals surface area contributed by atoms with Crippen LogP contribution in [0.1, 0.15) is 77.6 Å². The monoisotopic (exact) mass is 346 g/mol. The Bertz CT molecular complexity index is 908. The third-order valence-electron chi connectivity index (χ3n) is 8.08. The van der Waals surface area contributed by atoms with E-state index in [-0.39, 0.29) is 16.4 Å². The fourth-order valence-electron chi connectivity index (χ4n) is 5.81. The molecule has 0 bridgehead atoms. The molecule has 1 aliphatic carbocycles. The van der Waals surface area contributed by atoms with E-state index in [0.717, 1.165) is 19.3 Å². The first-order valence-corrected chi connectivity index (χ1v) is 10.3. The molecule has 2 aliphatic rings. The highest BCUT2D eigenvalue weighted by molar-refractivity contribution is 6.03. The van der Waals surface area contributed by atoms with E-state index in [2.05, 4.69) is 94.8 Å². The molecule has 0 radical (unpaired) electrons. The summed E-state index contributed by atoms with van der Waals surface area (Å²) in [5, 5.41) is 0. The maximum atomic E-state index is 2.59. The summed E-state index contributed by atoms with van der Waals surface area (Å²) in [6, 6.07) is 15.9. The van der Waals surface area contributed by atoms with Crippen molar-refractivity contribution in [3.8, 4) is 0 Å². The number of nitrogens with zero attached hydrogens (tertiary/aromatic N) is 1. The zero-order valence-corrected chi connectivity index (χ0v) is 17.2. The smallest absolute Gasteiger partial charge is 0.193 e. The first-order valence-electron chi connectivity index (χ1n) is 10.3. The summed E-state index contributed by atoms with van der Waals surface area (Å²) in [5.74, 6) is 0. The van der Waals surface area contributed by atoms with Gasteiger partial charge in [0.1, 0.15) is 0 Å². The van der Waals surface area contributed by atoms with Crippen molar-refractivity contribution in [1.29, 1.82) is 0 Å². The molecule has 0 spiro atoms. The van der Waals surface area contributed by atoms with Crippen LogP contribution in [0.3, 0.4) is 0 Å². The molecule has 1 aromatic carbocycles. The predicted molar refractivity (Wildman–Crippen MR) is 110 cm³/mol. The van der Waals surface area contributed by atoms with E-state index in [4.69, 9.17) is 0 Å². The van der Waals surface area contributed by atoms with E-state index < -0.39 is 0 Å². The molecule has 3 atom stereocenters. The Balaban J connectivity index is 2.20. The average Bonchev–Trinajstić information content (AvgIpc) is 2.96. The van der Waals surface area contributed by atoms with E-state index in [0.29, 0.717) is 0 Å². The van der Waals surface area contributed by atoms with E-state index >= 15 is 0 Å². The summed E-state index contributed by atoms with van der Waals surface area (Å²) >= 11 is 0. The van der Waals surface area contributed by atoms with Gasteiger partial charge in [0.2, 0.25) is 5.69 Å². The first kappa shape index (κ1) is 17.5. The summed E-state index contributed by atoms with van der Waals surface area (Å²) in [7, 11) is 0. The van der Waals surface area contributed by atoms with Crippen LogP contribution >= 0.6 is 0 Å². The number of allylic oxidation sites excluding steroid dienone is 2. The van der Waals surface area contributed by atoms with Crippen LogP contribution < -0.4 is 4.57 Å². The van der Waals surface area contributed by atoms with E-state index in [1.165, 1.54) is 16.8 Å². The molecule has 1 heteroatoms. The van der Waals surface area contributed by atoms with Crippen LogP contribution in [0.5, 0.6) is 0 Å². The highest BCUT2D eigenvalue weighted by Gasteiger charge is 2.62. The van der Waals surface area contributed by atoms with Gasteiger partial charge in [-0.25, -0.2) is 0 Å². The molecular weight excluding hydrogens is 314 g/mol. The molecule has 0 amide bonds. The Morgan fingerprint density at radius 1 is 0.769 bits per heavy atom. The SMILES string of the molecule is CCC1(C)C2=C(c3ccccc31)C(C)(CC)C(C)(CC)[n+]1ccccc12. The van der Waals surface area contributed by atoms with Gasteiger partial charge in [0, 0.05) is 36.5 Å². The van der Waals surface area contributed by atoms with Gasteiger partial charge < -0.3 is 0 Å². The quantitative estimate of drug-likeness (QED) is 0.589. The number of pyridine rings is 1. The Hall–Kier alpha value is -1.89. The van der Waals surface area contributed by atoms with Gasteiger partial charge in [-0.2, -0.15) is 4.57 Å². The van der Waals surface area contributed by atoms with Crippen molar-refractivity contribution in [2.24, 2.45) is 5.41 Å². The minimum absolute atomic E-state index is 0.0727.